The number of hydrogen-bond donors (Lipinski definition) is 0. The molecule has 10 heteroatoms. The van der Waals surface area contributed by atoms with E-state index in [1.165, 1.54) is 0 Å². The zero-order valence-corrected chi connectivity index (χ0v) is 6.69. The van der Waals surface area contributed by atoms with Crippen molar-refractivity contribution in [2.45, 2.75) is 0 Å². The van der Waals surface area contributed by atoms with Gasteiger partial charge in [0.05, 0.1) is 0 Å². The van der Waals surface area contributed by atoms with Gasteiger partial charge < -0.3 is 5.21 Å². The van der Waals surface area contributed by atoms with E-state index in [0.717, 1.165) is 0 Å². The van der Waals surface area contributed by atoms with E-state index < -0.39 is 24.3 Å². The molecular formula is CH3F2NO5S2. The van der Waals surface area contributed by atoms with E-state index in [2.05, 4.69) is 0 Å². The molecule has 0 aliphatic carbocycles. The molecule has 11 heavy (non-hydrogen) atoms. The minimum Gasteiger partial charge on any atom is -0.597 e. The van der Waals surface area contributed by atoms with Gasteiger partial charge in [-0.2, -0.15) is 0 Å². The molecule has 0 aliphatic rings. The maximum absolute atomic E-state index is 11.7. The molecule has 0 N–H and O–H groups in total. The van der Waals surface area contributed by atoms with Crippen LogP contribution in [-0.4, -0.2) is 27.3 Å². The van der Waals surface area contributed by atoms with Gasteiger partial charge in [-0.25, -0.2) is 0 Å². The van der Waals surface area contributed by atoms with Gasteiger partial charge in [0.25, 0.3) is 0 Å². The van der Waals surface area contributed by atoms with Gasteiger partial charge in [0.1, 0.15) is 7.05 Å². The van der Waals surface area contributed by atoms with Gasteiger partial charge in [0, 0.05) is 0 Å². The Kier molecular flexibility index (Phi) is 2.27. The first kappa shape index (κ1) is 10.7. The molecule has 0 unspecified atom stereocenters. The molecular weight excluding hydrogens is 208 g/mol. The lowest BCUT2D eigenvalue weighted by molar-refractivity contribution is -0.592. The lowest BCUT2D eigenvalue weighted by atomic mass is 11.5. The SMILES string of the molecule is C[N+]([O-])(S(=O)(=O)F)S(=O)(=O)F. The lowest BCUT2D eigenvalue weighted by Gasteiger charge is -2.24. The summed E-state index contributed by atoms with van der Waals surface area (Å²) in [5, 5.41) is 10.2. The Morgan fingerprint density at radius 2 is 1.27 bits per heavy atom. The second-order valence-corrected chi connectivity index (χ2v) is 4.87. The standard InChI is InChI=1S/CH3F2NO5S2/c1-4(5,10(2,6)7)11(3,8)9/h1H3. The molecule has 0 aromatic heterocycles. The zero-order chi connectivity index (χ0) is 9.50. The highest BCUT2D eigenvalue weighted by Crippen LogP contribution is 2.19. The number of quaternary nitrogens is 1. The average molecular weight is 211 g/mol. The van der Waals surface area contributed by atoms with Crippen LogP contribution < -0.4 is 0 Å². The molecule has 0 heterocycles. The predicted octanol–water partition coefficient (Wildman–Crippen LogP) is -0.641. The molecule has 0 aromatic rings. The average Bonchev–Trinajstić information content (AvgIpc) is 1.58. The maximum atomic E-state index is 11.7. The summed E-state index contributed by atoms with van der Waals surface area (Å²) in [6.07, 6.45) is 0. The van der Waals surface area contributed by atoms with E-state index >= 15 is 0 Å². The Labute approximate surface area is 61.9 Å². The fourth-order valence-corrected chi connectivity index (χ4v) is 0.957. The highest BCUT2D eigenvalue weighted by Gasteiger charge is 2.43. The van der Waals surface area contributed by atoms with E-state index in [-0.39, 0.29) is 7.05 Å². The van der Waals surface area contributed by atoms with Crippen molar-refractivity contribution in [1.29, 1.82) is 0 Å². The van der Waals surface area contributed by atoms with Crippen LogP contribution in [0.4, 0.5) is 7.77 Å². The molecule has 0 atom stereocenters. The van der Waals surface area contributed by atoms with Crippen LogP contribution in [0.15, 0.2) is 0 Å². The molecule has 0 radical (unpaired) electrons. The Bertz CT molecular complexity index is 305. The monoisotopic (exact) mass is 211 g/mol. The van der Waals surface area contributed by atoms with Gasteiger partial charge in [-0.15, -0.1) is 16.8 Å². The number of nitrogens with zero attached hydrogens (tertiary/aromatic N) is 1. The Morgan fingerprint density at radius 1 is 1.09 bits per heavy atom. The van der Waals surface area contributed by atoms with Crippen LogP contribution >= 0.6 is 0 Å². The second-order valence-electron chi connectivity index (χ2n) is 1.60. The largest absolute Gasteiger partial charge is 0.597 e. The van der Waals surface area contributed by atoms with Crippen molar-refractivity contribution in [3.63, 3.8) is 0 Å². The summed E-state index contributed by atoms with van der Waals surface area (Å²) in [5.74, 6) is 0. The molecule has 0 rings (SSSR count). The Hall–Kier alpha value is -0.320. The highest BCUT2D eigenvalue weighted by molar-refractivity contribution is 7.93. The van der Waals surface area contributed by atoms with Crippen molar-refractivity contribution in [2.24, 2.45) is 0 Å². The molecule has 6 nitrogen and oxygen atoms in total. The van der Waals surface area contributed by atoms with Gasteiger partial charge in [0.2, 0.25) is 0 Å². The molecule has 68 valence electrons. The van der Waals surface area contributed by atoms with Crippen LogP contribution in [0.2, 0.25) is 0 Å². The van der Waals surface area contributed by atoms with E-state index in [9.17, 15) is 29.8 Å². The fourth-order valence-electron chi connectivity index (χ4n) is 0.106. The number of hydroxylamine groups is 1. The summed E-state index contributed by atoms with van der Waals surface area (Å²) in [6, 6.07) is 0. The summed E-state index contributed by atoms with van der Waals surface area (Å²) in [4.78, 5) is 0. The predicted molar refractivity (Wildman–Crippen MR) is 29.6 cm³/mol. The lowest BCUT2D eigenvalue weighted by Crippen LogP contribution is -2.43. The van der Waals surface area contributed by atoms with Gasteiger partial charge in [-0.1, -0.05) is 11.2 Å². The molecule has 0 amide bonds. The van der Waals surface area contributed by atoms with E-state index in [1.54, 1.807) is 0 Å². The smallest absolute Gasteiger partial charge is 0.491 e. The molecule has 0 fully saturated rings. The van der Waals surface area contributed by atoms with Gasteiger partial charge in [0.15, 0.2) is 0 Å². The van der Waals surface area contributed by atoms with Gasteiger partial charge in [-0.3, -0.25) is 0 Å². The number of rotatable bonds is 2. The van der Waals surface area contributed by atoms with E-state index in [1.807, 2.05) is 0 Å². The van der Waals surface area contributed by atoms with Crippen molar-refractivity contribution in [1.82, 2.24) is 0 Å². The van der Waals surface area contributed by atoms with E-state index in [4.69, 9.17) is 0 Å². The van der Waals surface area contributed by atoms with Gasteiger partial charge in [-0.05, 0) is 0 Å². The van der Waals surface area contributed by atoms with Crippen molar-refractivity contribution in [3.05, 3.63) is 5.21 Å². The summed E-state index contributed by atoms with van der Waals surface area (Å²) in [7, 11) is -12.3. The number of halogens is 2. The fraction of sp³-hybridized carbons (Fsp3) is 1.00. The van der Waals surface area contributed by atoms with Crippen LogP contribution in [-0.2, 0) is 20.8 Å². The third kappa shape index (κ3) is 1.83. The normalized spacial score (nSPS) is 14.9. The third-order valence-corrected chi connectivity index (χ3v) is 3.45. The summed E-state index contributed by atoms with van der Waals surface area (Å²) >= 11 is 0. The summed E-state index contributed by atoms with van der Waals surface area (Å²) in [5.41, 5.74) is 0. The van der Waals surface area contributed by atoms with Crippen LogP contribution in [0.5, 0.6) is 0 Å². The quantitative estimate of drug-likeness (QED) is 0.344. The molecule has 0 saturated heterocycles. The van der Waals surface area contributed by atoms with Gasteiger partial charge >= 0.3 is 20.8 Å². The minimum atomic E-state index is -6.04. The molecule has 0 aromatic carbocycles. The molecule has 0 spiro atoms. The molecule has 0 saturated carbocycles. The summed E-state index contributed by atoms with van der Waals surface area (Å²) in [6.45, 7) is 0. The minimum absolute atomic E-state index is 0.190. The second kappa shape index (κ2) is 2.33. The van der Waals surface area contributed by atoms with E-state index in [0.29, 0.717) is 0 Å². The van der Waals surface area contributed by atoms with Crippen LogP contribution in [0.1, 0.15) is 0 Å². The highest BCUT2D eigenvalue weighted by atomic mass is 32.3. The van der Waals surface area contributed by atoms with Crippen molar-refractivity contribution >= 4 is 20.8 Å². The first-order valence-corrected chi connectivity index (χ1v) is 4.65. The van der Waals surface area contributed by atoms with Crippen molar-refractivity contribution in [3.8, 4) is 0 Å². The molecule has 0 bridgehead atoms. The Morgan fingerprint density at radius 3 is 1.27 bits per heavy atom. The van der Waals surface area contributed by atoms with Crippen LogP contribution in [0.3, 0.4) is 0 Å². The van der Waals surface area contributed by atoms with Crippen LogP contribution in [0.25, 0.3) is 0 Å². The first-order chi connectivity index (χ1) is 4.50. The summed E-state index contributed by atoms with van der Waals surface area (Å²) < 4.78 is 58.4. The first-order valence-electron chi connectivity index (χ1n) is 1.97. The molecule has 0 aliphatic heterocycles. The maximum Gasteiger partial charge on any atom is 0.491 e. The number of hydrogen-bond acceptors (Lipinski definition) is 5. The topological polar surface area (TPSA) is 91.3 Å². The third-order valence-electron chi connectivity index (χ3n) is 0.792. The van der Waals surface area contributed by atoms with Crippen molar-refractivity contribution in [2.75, 3.05) is 7.05 Å². The Balaban J connectivity index is 5.45. The van der Waals surface area contributed by atoms with Crippen molar-refractivity contribution < 1.29 is 28.1 Å². The van der Waals surface area contributed by atoms with Crippen LogP contribution in [0, 0.1) is 5.21 Å². The zero-order valence-electron chi connectivity index (χ0n) is 5.06.